The molecule has 2 aromatic rings. The topological polar surface area (TPSA) is 103 Å². The number of carbonyl (C=O) groups is 1. The lowest BCUT2D eigenvalue weighted by Gasteiger charge is -2.09. The highest BCUT2D eigenvalue weighted by molar-refractivity contribution is 5.84. The predicted molar refractivity (Wildman–Crippen MR) is 72.6 cm³/mol. The van der Waals surface area contributed by atoms with E-state index < -0.39 is 10.9 Å². The summed E-state index contributed by atoms with van der Waals surface area (Å²) >= 11 is 0. The molecule has 0 unspecified atom stereocenters. The summed E-state index contributed by atoms with van der Waals surface area (Å²) < 4.78 is 10.5. The fourth-order valence-corrected chi connectivity index (χ4v) is 1.89. The molecule has 0 aliphatic rings. The van der Waals surface area contributed by atoms with Crippen LogP contribution in [-0.4, -0.2) is 16.0 Å². The average Bonchev–Trinajstić information content (AvgIpc) is 2.86. The monoisotopic (exact) mass is 291 g/mol. The minimum absolute atomic E-state index is 0.00562. The summed E-state index contributed by atoms with van der Waals surface area (Å²) in [5.41, 5.74) is 1.28. The zero-order valence-electron chi connectivity index (χ0n) is 11.5. The van der Waals surface area contributed by atoms with Crippen LogP contribution in [0.3, 0.4) is 0 Å². The Morgan fingerprint density at radius 1 is 1.33 bits per heavy atom. The molecule has 110 valence electrons. The molecule has 0 bridgehead atoms. The van der Waals surface area contributed by atoms with Crippen LogP contribution in [0.25, 0.3) is 0 Å². The lowest BCUT2D eigenvalue weighted by Crippen LogP contribution is -1.99. The third kappa shape index (κ3) is 3.19. The number of ether oxygens (including phenoxy) is 1. The molecule has 2 rings (SSSR count). The molecule has 0 saturated heterocycles. The first-order valence-electron chi connectivity index (χ1n) is 6.09. The molecular weight excluding hydrogens is 278 g/mol. The zero-order chi connectivity index (χ0) is 15.6. The fraction of sp³-hybridized carbons (Fsp3) is 0.214. The van der Waals surface area contributed by atoms with E-state index >= 15 is 0 Å². The van der Waals surface area contributed by atoms with Gasteiger partial charge in [0.2, 0.25) is 5.76 Å². The quantitative estimate of drug-likeness (QED) is 0.670. The number of rotatable bonds is 5. The number of hydrogen-bond acceptors (Lipinski definition) is 5. The molecule has 1 heterocycles. The molecule has 1 N–H and O–H groups in total. The maximum atomic E-state index is 10.9. The van der Waals surface area contributed by atoms with Crippen LogP contribution in [-0.2, 0) is 6.61 Å². The standard InChI is InChI=1S/C14H13NO6/c1-8-5-9(2)13(6-11(8)15(18)19)20-7-10-3-4-12(21-10)14(16)17/h3-6H,7H2,1-2H3,(H,16,17). The van der Waals surface area contributed by atoms with Crippen LogP contribution >= 0.6 is 0 Å². The third-order valence-corrected chi connectivity index (χ3v) is 2.93. The number of aryl methyl sites for hydroxylation is 2. The molecule has 0 saturated carbocycles. The molecule has 21 heavy (non-hydrogen) atoms. The summed E-state index contributed by atoms with van der Waals surface area (Å²) in [7, 11) is 0. The lowest BCUT2D eigenvalue weighted by atomic mass is 10.1. The Hall–Kier alpha value is -2.83. The second kappa shape index (κ2) is 5.66. The van der Waals surface area contributed by atoms with Gasteiger partial charge in [0.1, 0.15) is 18.1 Å². The first-order valence-corrected chi connectivity index (χ1v) is 6.09. The van der Waals surface area contributed by atoms with Gasteiger partial charge >= 0.3 is 5.97 Å². The van der Waals surface area contributed by atoms with Gasteiger partial charge < -0.3 is 14.3 Å². The number of furan rings is 1. The Morgan fingerprint density at radius 3 is 2.62 bits per heavy atom. The Kier molecular flexibility index (Phi) is 3.93. The number of benzene rings is 1. The molecule has 1 aromatic heterocycles. The number of nitro benzene ring substituents is 1. The van der Waals surface area contributed by atoms with E-state index in [1.54, 1.807) is 19.9 Å². The van der Waals surface area contributed by atoms with Crippen molar-refractivity contribution in [1.82, 2.24) is 0 Å². The fourth-order valence-electron chi connectivity index (χ4n) is 1.89. The van der Waals surface area contributed by atoms with E-state index in [2.05, 4.69) is 0 Å². The van der Waals surface area contributed by atoms with Gasteiger partial charge in [-0.3, -0.25) is 10.1 Å². The Morgan fingerprint density at radius 2 is 2.05 bits per heavy atom. The summed E-state index contributed by atoms with van der Waals surface area (Å²) in [5.74, 6) is -0.654. The van der Waals surface area contributed by atoms with E-state index in [9.17, 15) is 14.9 Å². The van der Waals surface area contributed by atoms with Gasteiger partial charge in [-0.1, -0.05) is 0 Å². The van der Waals surface area contributed by atoms with Gasteiger partial charge in [0.15, 0.2) is 0 Å². The van der Waals surface area contributed by atoms with Crippen LogP contribution in [0.4, 0.5) is 5.69 Å². The number of nitrogens with zero attached hydrogens (tertiary/aromatic N) is 1. The van der Waals surface area contributed by atoms with E-state index in [0.717, 1.165) is 5.56 Å². The molecule has 0 aliphatic carbocycles. The van der Waals surface area contributed by atoms with Gasteiger partial charge in [0, 0.05) is 5.56 Å². The van der Waals surface area contributed by atoms with Gasteiger partial charge in [0.25, 0.3) is 5.69 Å². The van der Waals surface area contributed by atoms with Crippen molar-refractivity contribution in [2.24, 2.45) is 0 Å². The predicted octanol–water partition coefficient (Wildman–Crippen LogP) is 3.08. The second-order valence-corrected chi connectivity index (χ2v) is 4.52. The highest BCUT2D eigenvalue weighted by Gasteiger charge is 2.15. The Balaban J connectivity index is 2.17. The smallest absolute Gasteiger partial charge is 0.371 e. The van der Waals surface area contributed by atoms with Gasteiger partial charge in [-0.2, -0.15) is 0 Å². The van der Waals surface area contributed by atoms with Crippen LogP contribution < -0.4 is 4.74 Å². The molecule has 0 atom stereocenters. The van der Waals surface area contributed by atoms with Crippen molar-refractivity contribution >= 4 is 11.7 Å². The molecule has 1 aromatic carbocycles. The maximum absolute atomic E-state index is 10.9. The summed E-state index contributed by atoms with van der Waals surface area (Å²) in [4.78, 5) is 21.1. The minimum Gasteiger partial charge on any atom is -0.485 e. The van der Waals surface area contributed by atoms with E-state index in [4.69, 9.17) is 14.3 Å². The third-order valence-electron chi connectivity index (χ3n) is 2.93. The van der Waals surface area contributed by atoms with Crippen molar-refractivity contribution in [2.75, 3.05) is 0 Å². The van der Waals surface area contributed by atoms with Crippen molar-refractivity contribution < 1.29 is 24.0 Å². The highest BCUT2D eigenvalue weighted by Crippen LogP contribution is 2.28. The number of carboxylic acids is 1. The Labute approximate surface area is 119 Å². The van der Waals surface area contributed by atoms with Crippen LogP contribution in [0, 0.1) is 24.0 Å². The van der Waals surface area contributed by atoms with Gasteiger partial charge in [-0.25, -0.2) is 4.79 Å². The van der Waals surface area contributed by atoms with Gasteiger partial charge in [-0.05, 0) is 37.6 Å². The summed E-state index contributed by atoms with van der Waals surface area (Å²) in [6.45, 7) is 3.42. The highest BCUT2D eigenvalue weighted by atomic mass is 16.6. The molecule has 7 nitrogen and oxygen atoms in total. The second-order valence-electron chi connectivity index (χ2n) is 4.52. The molecule has 0 aliphatic heterocycles. The van der Waals surface area contributed by atoms with Crippen molar-refractivity contribution in [3.8, 4) is 5.75 Å². The molecule has 0 radical (unpaired) electrons. The van der Waals surface area contributed by atoms with Crippen LogP contribution in [0.5, 0.6) is 5.75 Å². The molecule has 0 spiro atoms. The van der Waals surface area contributed by atoms with E-state index in [1.807, 2.05) is 0 Å². The van der Waals surface area contributed by atoms with E-state index in [1.165, 1.54) is 18.2 Å². The van der Waals surface area contributed by atoms with Crippen LogP contribution in [0.1, 0.15) is 27.4 Å². The molecule has 0 amide bonds. The maximum Gasteiger partial charge on any atom is 0.371 e. The lowest BCUT2D eigenvalue weighted by molar-refractivity contribution is -0.385. The van der Waals surface area contributed by atoms with Crippen molar-refractivity contribution in [2.45, 2.75) is 20.5 Å². The first kappa shape index (κ1) is 14.6. The summed E-state index contributed by atoms with van der Waals surface area (Å²) in [6, 6.07) is 5.83. The van der Waals surface area contributed by atoms with Crippen LogP contribution in [0.15, 0.2) is 28.7 Å². The van der Waals surface area contributed by atoms with Crippen molar-refractivity contribution in [1.29, 1.82) is 0 Å². The first-order chi connectivity index (χ1) is 9.88. The largest absolute Gasteiger partial charge is 0.485 e. The van der Waals surface area contributed by atoms with Crippen LogP contribution in [0.2, 0.25) is 0 Å². The number of carboxylic acid groups (broad SMARTS) is 1. The van der Waals surface area contributed by atoms with Gasteiger partial charge in [-0.15, -0.1) is 0 Å². The average molecular weight is 291 g/mol. The summed E-state index contributed by atoms with van der Waals surface area (Å²) in [6.07, 6.45) is 0. The normalized spacial score (nSPS) is 10.4. The Bertz CT molecular complexity index is 703. The molecule has 0 fully saturated rings. The molecular formula is C14H13NO6. The van der Waals surface area contributed by atoms with Gasteiger partial charge in [0.05, 0.1) is 11.0 Å². The van der Waals surface area contributed by atoms with Crippen molar-refractivity contribution in [3.05, 3.63) is 57.0 Å². The number of nitro groups is 1. The molecule has 7 heteroatoms. The number of aromatic carboxylic acids is 1. The summed E-state index contributed by atoms with van der Waals surface area (Å²) in [5, 5.41) is 19.7. The van der Waals surface area contributed by atoms with Crippen molar-refractivity contribution in [3.63, 3.8) is 0 Å². The van der Waals surface area contributed by atoms with E-state index in [-0.39, 0.29) is 18.1 Å². The van der Waals surface area contributed by atoms with E-state index in [0.29, 0.717) is 17.1 Å². The zero-order valence-corrected chi connectivity index (χ0v) is 11.5. The minimum atomic E-state index is -1.16. The SMILES string of the molecule is Cc1cc(C)c([N+](=O)[O-])cc1OCc1ccc(C(=O)O)o1. The number of hydrogen-bond donors (Lipinski definition) is 1.